The molecule has 126 valence electrons. The summed E-state index contributed by atoms with van der Waals surface area (Å²) in [6.45, 7) is 1.44. The average molecular weight is 355 g/mol. The first kappa shape index (κ1) is 17.0. The molecule has 3 aromatic carbocycles. The number of ether oxygens (including phenoxy) is 1. The van der Waals surface area contributed by atoms with Gasteiger partial charge in [0.1, 0.15) is 17.3 Å². The second kappa shape index (κ2) is 6.95. The summed E-state index contributed by atoms with van der Waals surface area (Å²) >= 11 is 5.84. The van der Waals surface area contributed by atoms with Crippen LogP contribution in [0.25, 0.3) is 10.8 Å². The molecule has 0 spiro atoms. The maximum atomic E-state index is 12.5. The number of aromatic hydroxyl groups is 1. The lowest BCUT2D eigenvalue weighted by molar-refractivity contribution is -0.116. The third-order valence-electron chi connectivity index (χ3n) is 3.76. The number of benzene rings is 3. The molecule has 0 aliphatic carbocycles. The molecular weight excluding hydrogens is 340 g/mol. The van der Waals surface area contributed by atoms with Gasteiger partial charge in [0.05, 0.1) is 5.56 Å². The number of fused-ring (bicyclic) bond motifs is 1. The summed E-state index contributed by atoms with van der Waals surface area (Å²) in [5.41, 5.74) is 0.807. The van der Waals surface area contributed by atoms with E-state index in [1.54, 1.807) is 48.5 Å². The van der Waals surface area contributed by atoms with E-state index in [4.69, 9.17) is 16.3 Å². The number of esters is 1. The van der Waals surface area contributed by atoms with Crippen molar-refractivity contribution in [3.63, 3.8) is 0 Å². The van der Waals surface area contributed by atoms with Gasteiger partial charge in [-0.1, -0.05) is 35.9 Å². The van der Waals surface area contributed by atoms with Crippen LogP contribution in [0.15, 0.2) is 54.6 Å². The Labute approximate surface area is 149 Å². The second-order valence-corrected chi connectivity index (χ2v) is 6.14. The number of Topliss-reactive ketones (excluding diaryl/α,β-unsaturated/α-hetero) is 1. The largest absolute Gasteiger partial charge is 0.507 e. The van der Waals surface area contributed by atoms with Crippen molar-refractivity contribution in [2.24, 2.45) is 0 Å². The van der Waals surface area contributed by atoms with Crippen molar-refractivity contribution in [1.29, 1.82) is 0 Å². The first-order valence-corrected chi connectivity index (χ1v) is 8.04. The summed E-state index contributed by atoms with van der Waals surface area (Å²) in [5, 5.41) is 11.8. The zero-order chi connectivity index (χ0) is 18.0. The number of ketones is 1. The lowest BCUT2D eigenvalue weighted by atomic mass is 10.0. The number of rotatable bonds is 4. The Morgan fingerprint density at radius 2 is 1.68 bits per heavy atom. The Bertz CT molecular complexity index is 961. The van der Waals surface area contributed by atoms with Gasteiger partial charge in [-0.3, -0.25) is 4.79 Å². The van der Waals surface area contributed by atoms with E-state index in [2.05, 4.69) is 0 Å². The van der Waals surface area contributed by atoms with Gasteiger partial charge >= 0.3 is 5.97 Å². The lowest BCUT2D eigenvalue weighted by Gasteiger charge is -2.14. The molecule has 3 rings (SSSR count). The van der Waals surface area contributed by atoms with Crippen molar-refractivity contribution >= 4 is 34.1 Å². The molecule has 3 aromatic rings. The van der Waals surface area contributed by atoms with Gasteiger partial charge in [-0.15, -0.1) is 0 Å². The summed E-state index contributed by atoms with van der Waals surface area (Å²) < 4.78 is 5.60. The highest BCUT2D eigenvalue weighted by Gasteiger charge is 2.18. The fraction of sp³-hybridized carbons (Fsp3) is 0.100. The van der Waals surface area contributed by atoms with E-state index in [0.717, 1.165) is 0 Å². The van der Waals surface area contributed by atoms with Crippen molar-refractivity contribution < 1.29 is 19.4 Å². The zero-order valence-electron chi connectivity index (χ0n) is 13.5. The van der Waals surface area contributed by atoms with Crippen LogP contribution >= 0.6 is 11.6 Å². The van der Waals surface area contributed by atoms with Gasteiger partial charge in [0.2, 0.25) is 0 Å². The summed E-state index contributed by atoms with van der Waals surface area (Å²) in [6.07, 6.45) is 0.0572. The standard InChI is InChI=1S/C20H15ClO4/c1-12(22)10-14-11-18(23)16-4-2-3-5-17(16)19(14)25-20(24)13-6-8-15(21)9-7-13/h2-9,11,23H,10H2,1H3. The van der Waals surface area contributed by atoms with E-state index in [0.29, 0.717) is 26.9 Å². The van der Waals surface area contributed by atoms with E-state index in [-0.39, 0.29) is 23.7 Å². The Hall–Kier alpha value is -2.85. The van der Waals surface area contributed by atoms with E-state index >= 15 is 0 Å². The van der Waals surface area contributed by atoms with Crippen LogP contribution in [0.3, 0.4) is 0 Å². The van der Waals surface area contributed by atoms with Gasteiger partial charge in [0.15, 0.2) is 0 Å². The highest BCUT2D eigenvalue weighted by atomic mass is 35.5. The monoisotopic (exact) mass is 354 g/mol. The van der Waals surface area contributed by atoms with Gasteiger partial charge in [0, 0.05) is 27.8 Å². The molecule has 0 fully saturated rings. The average Bonchev–Trinajstić information content (AvgIpc) is 2.58. The van der Waals surface area contributed by atoms with Crippen LogP contribution in [0.1, 0.15) is 22.8 Å². The van der Waals surface area contributed by atoms with Crippen molar-refractivity contribution in [3.8, 4) is 11.5 Å². The van der Waals surface area contributed by atoms with Crippen LogP contribution in [0, 0.1) is 0 Å². The van der Waals surface area contributed by atoms with Crippen LogP contribution in [0.4, 0.5) is 0 Å². The molecule has 5 heteroatoms. The van der Waals surface area contributed by atoms with Crippen LogP contribution in [-0.4, -0.2) is 16.9 Å². The van der Waals surface area contributed by atoms with Gasteiger partial charge in [-0.05, 0) is 37.3 Å². The molecule has 0 unspecified atom stereocenters. The fourth-order valence-corrected chi connectivity index (χ4v) is 2.77. The van der Waals surface area contributed by atoms with Crippen molar-refractivity contribution in [2.75, 3.05) is 0 Å². The molecule has 4 nitrogen and oxygen atoms in total. The number of phenols is 1. The van der Waals surface area contributed by atoms with Crippen molar-refractivity contribution in [2.45, 2.75) is 13.3 Å². The summed E-state index contributed by atoms with van der Waals surface area (Å²) in [5.74, 6) is -0.336. The van der Waals surface area contributed by atoms with Gasteiger partial charge in [-0.25, -0.2) is 4.79 Å². The molecule has 0 aliphatic rings. The third kappa shape index (κ3) is 3.64. The summed E-state index contributed by atoms with van der Waals surface area (Å²) in [6, 6.07) is 14.8. The number of hydrogen-bond donors (Lipinski definition) is 1. The quantitative estimate of drug-likeness (QED) is 0.551. The Balaban J connectivity index is 2.09. The van der Waals surface area contributed by atoms with E-state index in [9.17, 15) is 14.7 Å². The van der Waals surface area contributed by atoms with Crippen molar-refractivity contribution in [1.82, 2.24) is 0 Å². The SMILES string of the molecule is CC(=O)Cc1cc(O)c2ccccc2c1OC(=O)c1ccc(Cl)cc1. The lowest BCUT2D eigenvalue weighted by Crippen LogP contribution is -2.11. The zero-order valence-corrected chi connectivity index (χ0v) is 14.2. The highest BCUT2D eigenvalue weighted by molar-refractivity contribution is 6.30. The first-order valence-electron chi connectivity index (χ1n) is 7.66. The van der Waals surface area contributed by atoms with Crippen molar-refractivity contribution in [3.05, 3.63) is 70.7 Å². The number of carbonyl (C=O) groups excluding carboxylic acids is 2. The predicted octanol–water partition coefficient (Wildman–Crippen LogP) is 4.55. The number of hydrogen-bond acceptors (Lipinski definition) is 4. The fourth-order valence-electron chi connectivity index (χ4n) is 2.64. The third-order valence-corrected chi connectivity index (χ3v) is 4.02. The Morgan fingerprint density at radius 1 is 1.04 bits per heavy atom. The minimum absolute atomic E-state index is 0.0399. The smallest absolute Gasteiger partial charge is 0.343 e. The minimum atomic E-state index is -0.558. The van der Waals surface area contributed by atoms with Crippen LogP contribution in [0.2, 0.25) is 5.02 Å². The second-order valence-electron chi connectivity index (χ2n) is 5.70. The highest BCUT2D eigenvalue weighted by Crippen LogP contribution is 2.37. The molecule has 0 heterocycles. The van der Waals surface area contributed by atoms with Crippen LogP contribution in [0.5, 0.6) is 11.5 Å². The molecule has 0 aromatic heterocycles. The van der Waals surface area contributed by atoms with Gasteiger partial charge in [-0.2, -0.15) is 0 Å². The molecule has 25 heavy (non-hydrogen) atoms. The maximum Gasteiger partial charge on any atom is 0.343 e. The molecule has 0 amide bonds. The number of phenolic OH excluding ortho intramolecular Hbond substituents is 1. The molecule has 0 aliphatic heterocycles. The van der Waals surface area contributed by atoms with E-state index < -0.39 is 5.97 Å². The Morgan fingerprint density at radius 3 is 2.32 bits per heavy atom. The predicted molar refractivity (Wildman–Crippen MR) is 96.4 cm³/mol. The van der Waals surface area contributed by atoms with E-state index in [1.807, 2.05) is 0 Å². The number of carbonyl (C=O) groups is 2. The molecule has 0 atom stereocenters. The normalized spacial score (nSPS) is 10.6. The summed E-state index contributed by atoms with van der Waals surface area (Å²) in [7, 11) is 0. The van der Waals surface area contributed by atoms with Gasteiger partial charge in [0.25, 0.3) is 0 Å². The Kier molecular flexibility index (Phi) is 4.72. The van der Waals surface area contributed by atoms with Crippen LogP contribution < -0.4 is 4.74 Å². The molecule has 0 radical (unpaired) electrons. The molecular formula is C20H15ClO4. The summed E-state index contributed by atoms with van der Waals surface area (Å²) in [4.78, 5) is 24.0. The first-order chi connectivity index (χ1) is 12.0. The molecule has 1 N–H and O–H groups in total. The van der Waals surface area contributed by atoms with Gasteiger partial charge < -0.3 is 9.84 Å². The molecule has 0 saturated carbocycles. The number of halogens is 1. The molecule has 0 saturated heterocycles. The maximum absolute atomic E-state index is 12.5. The van der Waals surface area contributed by atoms with E-state index in [1.165, 1.54) is 13.0 Å². The van der Waals surface area contributed by atoms with Crippen LogP contribution in [-0.2, 0) is 11.2 Å². The minimum Gasteiger partial charge on any atom is -0.507 e. The topological polar surface area (TPSA) is 63.6 Å². The molecule has 0 bridgehead atoms.